The third-order valence-corrected chi connectivity index (χ3v) is 4.66. The molecule has 0 spiro atoms. The number of halogens is 1. The molecule has 1 aromatic heterocycles. The second-order valence-electron chi connectivity index (χ2n) is 5.91. The van der Waals surface area contributed by atoms with Crippen LogP contribution in [0.2, 0.25) is 0 Å². The molecule has 0 fully saturated rings. The van der Waals surface area contributed by atoms with Crippen molar-refractivity contribution in [2.75, 3.05) is 36.0 Å². The minimum atomic E-state index is 0. The predicted molar refractivity (Wildman–Crippen MR) is 111 cm³/mol. The van der Waals surface area contributed by atoms with Crippen LogP contribution in [0, 0.1) is 0 Å². The molecule has 0 saturated heterocycles. The van der Waals surface area contributed by atoms with Gasteiger partial charge in [-0.2, -0.15) is 0 Å². The molecule has 0 atom stereocenters. The Balaban J connectivity index is 0.00000225. The van der Waals surface area contributed by atoms with Gasteiger partial charge in [-0.1, -0.05) is 0 Å². The number of anilines is 2. The first-order valence-electron chi connectivity index (χ1n) is 8.91. The van der Waals surface area contributed by atoms with Gasteiger partial charge in [0.2, 0.25) is 0 Å². The molecule has 25 heavy (non-hydrogen) atoms. The summed E-state index contributed by atoms with van der Waals surface area (Å²) in [6, 6.07) is 12.7. The number of nitrogens with zero attached hydrogens (tertiary/aromatic N) is 4. The number of fused-ring (bicyclic) bond motifs is 2. The van der Waals surface area contributed by atoms with Crippen LogP contribution < -0.4 is 9.80 Å². The van der Waals surface area contributed by atoms with Crippen LogP contribution in [0.5, 0.6) is 0 Å². The van der Waals surface area contributed by atoms with E-state index in [4.69, 9.17) is 9.97 Å². The highest BCUT2D eigenvalue weighted by Gasteiger charge is 2.08. The molecule has 0 aliphatic heterocycles. The van der Waals surface area contributed by atoms with Crippen LogP contribution in [-0.4, -0.2) is 36.1 Å². The third-order valence-electron chi connectivity index (χ3n) is 4.66. The Hall–Kier alpha value is -2.07. The quantitative estimate of drug-likeness (QED) is 0.587. The molecule has 0 radical (unpaired) electrons. The van der Waals surface area contributed by atoms with E-state index < -0.39 is 0 Å². The molecule has 0 aliphatic carbocycles. The van der Waals surface area contributed by atoms with Gasteiger partial charge < -0.3 is 9.80 Å². The Labute approximate surface area is 156 Å². The van der Waals surface area contributed by atoms with Gasteiger partial charge in [-0.25, -0.2) is 9.97 Å². The molecule has 0 bridgehead atoms. The Kier molecular flexibility index (Phi) is 6.43. The molecule has 1 heterocycles. The Morgan fingerprint density at radius 1 is 0.600 bits per heavy atom. The summed E-state index contributed by atoms with van der Waals surface area (Å²) in [5.41, 5.74) is 6.25. The molecule has 0 N–H and O–H groups in total. The van der Waals surface area contributed by atoms with E-state index in [0.29, 0.717) is 0 Å². The van der Waals surface area contributed by atoms with E-state index in [9.17, 15) is 0 Å². The smallest absolute Gasteiger partial charge is 0.0915 e. The summed E-state index contributed by atoms with van der Waals surface area (Å²) < 4.78 is 0. The van der Waals surface area contributed by atoms with Crippen molar-refractivity contribution in [1.29, 1.82) is 0 Å². The van der Waals surface area contributed by atoms with Gasteiger partial charge in [-0.3, -0.25) is 0 Å². The van der Waals surface area contributed by atoms with Crippen molar-refractivity contribution < 1.29 is 0 Å². The van der Waals surface area contributed by atoms with E-state index >= 15 is 0 Å². The van der Waals surface area contributed by atoms with Gasteiger partial charge in [0.25, 0.3) is 0 Å². The van der Waals surface area contributed by atoms with Crippen molar-refractivity contribution in [3.05, 3.63) is 36.4 Å². The van der Waals surface area contributed by atoms with Crippen LogP contribution in [0.4, 0.5) is 11.4 Å². The first-order chi connectivity index (χ1) is 11.7. The van der Waals surface area contributed by atoms with Gasteiger partial charge in [-0.15, -0.1) is 12.4 Å². The topological polar surface area (TPSA) is 32.3 Å². The highest BCUT2D eigenvalue weighted by Crippen LogP contribution is 2.25. The lowest BCUT2D eigenvalue weighted by atomic mass is 10.2. The first kappa shape index (κ1) is 19.3. The summed E-state index contributed by atoms with van der Waals surface area (Å²) in [6.07, 6.45) is 0. The van der Waals surface area contributed by atoms with E-state index in [2.05, 4.69) is 73.9 Å². The van der Waals surface area contributed by atoms with Crippen molar-refractivity contribution in [3.63, 3.8) is 0 Å². The summed E-state index contributed by atoms with van der Waals surface area (Å²) in [5.74, 6) is 0. The summed E-state index contributed by atoms with van der Waals surface area (Å²) in [6.45, 7) is 12.7. The Morgan fingerprint density at radius 2 is 0.960 bits per heavy atom. The second kappa shape index (κ2) is 8.34. The van der Waals surface area contributed by atoms with Crippen LogP contribution in [0.3, 0.4) is 0 Å². The van der Waals surface area contributed by atoms with E-state index in [1.165, 1.54) is 11.4 Å². The van der Waals surface area contributed by atoms with E-state index in [0.717, 1.165) is 48.2 Å². The maximum atomic E-state index is 4.89. The largest absolute Gasteiger partial charge is 0.372 e. The van der Waals surface area contributed by atoms with Gasteiger partial charge in [0.15, 0.2) is 0 Å². The SMILES string of the molecule is CCN(CC)c1ccc2nc3ccc(N(CC)CC)cc3nc2c1.Cl. The molecule has 0 aliphatic rings. The molecule has 0 saturated carbocycles. The van der Waals surface area contributed by atoms with Gasteiger partial charge >= 0.3 is 0 Å². The lowest BCUT2D eigenvalue weighted by Crippen LogP contribution is -2.21. The molecule has 5 heteroatoms. The third kappa shape index (κ3) is 3.79. The van der Waals surface area contributed by atoms with Crippen LogP contribution in [0.1, 0.15) is 27.7 Å². The zero-order chi connectivity index (χ0) is 17.1. The molecule has 3 rings (SSSR count). The van der Waals surface area contributed by atoms with Crippen LogP contribution >= 0.6 is 12.4 Å². The van der Waals surface area contributed by atoms with Crippen molar-refractivity contribution in [2.24, 2.45) is 0 Å². The van der Waals surface area contributed by atoms with Crippen molar-refractivity contribution in [1.82, 2.24) is 9.97 Å². The lowest BCUT2D eigenvalue weighted by Gasteiger charge is -2.22. The second-order valence-corrected chi connectivity index (χ2v) is 5.91. The normalized spacial score (nSPS) is 10.7. The number of benzene rings is 2. The summed E-state index contributed by atoms with van der Waals surface area (Å²) in [4.78, 5) is 14.3. The maximum Gasteiger partial charge on any atom is 0.0915 e. The van der Waals surface area contributed by atoms with Crippen molar-refractivity contribution in [2.45, 2.75) is 27.7 Å². The maximum absolute atomic E-state index is 4.89. The number of hydrogen-bond acceptors (Lipinski definition) is 4. The minimum Gasteiger partial charge on any atom is -0.372 e. The number of hydrogen-bond donors (Lipinski definition) is 0. The van der Waals surface area contributed by atoms with Crippen molar-refractivity contribution >= 4 is 45.8 Å². The van der Waals surface area contributed by atoms with Crippen LogP contribution in [0.15, 0.2) is 36.4 Å². The molecule has 3 aromatic rings. The summed E-state index contributed by atoms with van der Waals surface area (Å²) >= 11 is 0. The average Bonchev–Trinajstić information content (AvgIpc) is 2.62. The standard InChI is InChI=1S/C20H26N4.ClH/c1-5-23(6-2)15-9-11-17-19(13-15)22-20-14-16(24(7-3)8-4)10-12-18(20)21-17;/h9-14H,5-8H2,1-4H3;1H. The lowest BCUT2D eigenvalue weighted by molar-refractivity contribution is 0.866. The predicted octanol–water partition coefficient (Wildman–Crippen LogP) is 4.90. The van der Waals surface area contributed by atoms with Crippen molar-refractivity contribution in [3.8, 4) is 0 Å². The summed E-state index contributed by atoms with van der Waals surface area (Å²) in [5, 5.41) is 0. The van der Waals surface area contributed by atoms with E-state index in [1.807, 2.05) is 0 Å². The molecule has 0 unspecified atom stereocenters. The van der Waals surface area contributed by atoms with Gasteiger partial charge in [0.1, 0.15) is 0 Å². The Bertz CT molecular complexity index is 775. The number of aromatic nitrogens is 2. The van der Waals surface area contributed by atoms with Gasteiger partial charge in [-0.05, 0) is 64.1 Å². The number of rotatable bonds is 6. The molecular weight excluding hydrogens is 332 g/mol. The fraction of sp³-hybridized carbons (Fsp3) is 0.400. The fourth-order valence-electron chi connectivity index (χ4n) is 3.22. The zero-order valence-corrected chi connectivity index (χ0v) is 16.3. The zero-order valence-electron chi connectivity index (χ0n) is 15.5. The van der Waals surface area contributed by atoms with Crippen LogP contribution in [-0.2, 0) is 0 Å². The fourth-order valence-corrected chi connectivity index (χ4v) is 3.22. The first-order valence-corrected chi connectivity index (χ1v) is 8.91. The van der Waals surface area contributed by atoms with Gasteiger partial charge in [0.05, 0.1) is 22.1 Å². The average molecular weight is 359 g/mol. The Morgan fingerprint density at radius 3 is 1.32 bits per heavy atom. The molecule has 4 nitrogen and oxygen atoms in total. The minimum absolute atomic E-state index is 0. The highest BCUT2D eigenvalue weighted by atomic mass is 35.5. The van der Waals surface area contributed by atoms with E-state index in [1.54, 1.807) is 0 Å². The molecule has 0 amide bonds. The molecular formula is C20H27ClN4. The monoisotopic (exact) mass is 358 g/mol. The molecule has 134 valence electrons. The van der Waals surface area contributed by atoms with Crippen LogP contribution in [0.25, 0.3) is 22.1 Å². The highest BCUT2D eigenvalue weighted by molar-refractivity contribution is 5.89. The summed E-state index contributed by atoms with van der Waals surface area (Å²) in [7, 11) is 0. The molecule has 2 aromatic carbocycles. The van der Waals surface area contributed by atoms with Gasteiger partial charge in [0, 0.05) is 37.6 Å². The van der Waals surface area contributed by atoms with E-state index in [-0.39, 0.29) is 12.4 Å².